The molecule has 1 aliphatic rings. The fraction of sp³-hybridized carbons (Fsp3) is 0.474. The van der Waals surface area contributed by atoms with Crippen molar-refractivity contribution in [2.24, 2.45) is 11.1 Å². The second-order valence-corrected chi connectivity index (χ2v) is 7.87. The molecule has 0 aliphatic carbocycles. The van der Waals surface area contributed by atoms with E-state index in [1.165, 1.54) is 0 Å². The number of carbonyl (C=O) groups excluding carboxylic acids is 3. The van der Waals surface area contributed by atoms with Crippen LogP contribution in [0.4, 0.5) is 0 Å². The van der Waals surface area contributed by atoms with Gasteiger partial charge in [-0.15, -0.1) is 0 Å². The van der Waals surface area contributed by atoms with Crippen molar-refractivity contribution in [1.29, 1.82) is 0 Å². The predicted octanol–water partition coefficient (Wildman–Crippen LogP) is 1.37. The Labute approximate surface area is 157 Å². The number of amides is 2. The highest BCUT2D eigenvalue weighted by Crippen LogP contribution is 2.23. The maximum Gasteiger partial charge on any atom is 0.306 e. The van der Waals surface area contributed by atoms with Crippen LogP contribution < -0.4 is 11.1 Å². The molecule has 1 aliphatic heterocycles. The summed E-state index contributed by atoms with van der Waals surface area (Å²) < 4.78 is 6.93. The first-order chi connectivity index (χ1) is 12.7. The smallest absolute Gasteiger partial charge is 0.306 e. The molecule has 3 rings (SSSR count). The molecule has 8 nitrogen and oxygen atoms in total. The zero-order valence-electron chi connectivity index (χ0n) is 15.7. The van der Waals surface area contributed by atoms with E-state index in [9.17, 15) is 14.4 Å². The minimum Gasteiger partial charge on any atom is -0.460 e. The molecule has 0 radical (unpaired) electrons. The number of cyclic esters (lactones) is 1. The van der Waals surface area contributed by atoms with Gasteiger partial charge in [0.15, 0.2) is 5.69 Å². The van der Waals surface area contributed by atoms with Gasteiger partial charge in [-0.25, -0.2) is 0 Å². The first-order valence-electron chi connectivity index (χ1n) is 8.92. The molecule has 1 aromatic carbocycles. The Hall–Kier alpha value is -2.90. The van der Waals surface area contributed by atoms with E-state index >= 15 is 0 Å². The van der Waals surface area contributed by atoms with Crippen LogP contribution in [0.1, 0.15) is 44.1 Å². The Morgan fingerprint density at radius 1 is 1.37 bits per heavy atom. The summed E-state index contributed by atoms with van der Waals surface area (Å²) in [5, 5.41) is 7.80. The average molecular weight is 372 g/mol. The van der Waals surface area contributed by atoms with E-state index in [0.29, 0.717) is 24.8 Å². The highest BCUT2D eigenvalue weighted by atomic mass is 16.5. The Morgan fingerprint density at radius 3 is 2.67 bits per heavy atom. The number of para-hydroxylation sites is 1. The molecule has 144 valence electrons. The second-order valence-electron chi connectivity index (χ2n) is 7.87. The first-order valence-corrected chi connectivity index (χ1v) is 8.92. The summed E-state index contributed by atoms with van der Waals surface area (Å²) in [5.74, 6) is -1.28. The number of esters is 1. The molecule has 2 amide bonds. The molecule has 2 atom stereocenters. The zero-order chi connectivity index (χ0) is 19.8. The molecule has 27 heavy (non-hydrogen) atoms. The summed E-state index contributed by atoms with van der Waals surface area (Å²) in [6.07, 6.45) is 0.760. The summed E-state index contributed by atoms with van der Waals surface area (Å²) >= 11 is 0. The normalized spacial score (nSPS) is 18.3. The van der Waals surface area contributed by atoms with E-state index in [2.05, 4.69) is 10.4 Å². The molecule has 1 fully saturated rings. The van der Waals surface area contributed by atoms with Crippen LogP contribution in [0.25, 0.3) is 10.9 Å². The zero-order valence-corrected chi connectivity index (χ0v) is 15.7. The number of aromatic nitrogens is 2. The number of primary amides is 1. The molecule has 2 heterocycles. The van der Waals surface area contributed by atoms with Gasteiger partial charge in [0.2, 0.25) is 5.91 Å². The predicted molar refractivity (Wildman–Crippen MR) is 98.8 cm³/mol. The number of hydrogen-bond acceptors (Lipinski definition) is 5. The van der Waals surface area contributed by atoms with Gasteiger partial charge in [-0.2, -0.15) is 5.10 Å². The minimum atomic E-state index is -0.829. The van der Waals surface area contributed by atoms with Crippen molar-refractivity contribution >= 4 is 28.7 Å². The minimum absolute atomic E-state index is 0.213. The molecule has 1 aromatic heterocycles. The van der Waals surface area contributed by atoms with E-state index in [1.54, 1.807) is 10.7 Å². The van der Waals surface area contributed by atoms with Gasteiger partial charge in [-0.3, -0.25) is 19.1 Å². The summed E-state index contributed by atoms with van der Waals surface area (Å²) in [6.45, 7) is 5.85. The monoisotopic (exact) mass is 372 g/mol. The molecular weight excluding hydrogens is 348 g/mol. The number of carbonyl (C=O) groups is 3. The number of benzene rings is 1. The Kier molecular flexibility index (Phi) is 4.91. The fourth-order valence-corrected chi connectivity index (χ4v) is 3.25. The van der Waals surface area contributed by atoms with Crippen LogP contribution in [0.5, 0.6) is 0 Å². The molecular formula is C19H24N4O4. The van der Waals surface area contributed by atoms with Crippen LogP contribution in [0.3, 0.4) is 0 Å². The first kappa shape index (κ1) is 18.9. The number of nitrogens with two attached hydrogens (primary N) is 1. The van der Waals surface area contributed by atoms with Crippen molar-refractivity contribution in [3.05, 3.63) is 30.0 Å². The van der Waals surface area contributed by atoms with Crippen molar-refractivity contribution in [2.75, 3.05) is 0 Å². The quantitative estimate of drug-likeness (QED) is 0.769. The Morgan fingerprint density at radius 2 is 2.07 bits per heavy atom. The maximum atomic E-state index is 12.8. The van der Waals surface area contributed by atoms with Crippen molar-refractivity contribution in [3.8, 4) is 0 Å². The van der Waals surface area contributed by atoms with Crippen LogP contribution in [0.2, 0.25) is 0 Å². The lowest BCUT2D eigenvalue weighted by Crippen LogP contribution is -2.52. The largest absolute Gasteiger partial charge is 0.460 e. The highest BCUT2D eigenvalue weighted by Gasteiger charge is 2.33. The van der Waals surface area contributed by atoms with Gasteiger partial charge < -0.3 is 15.8 Å². The van der Waals surface area contributed by atoms with Gasteiger partial charge in [0.1, 0.15) is 12.1 Å². The number of nitrogens with one attached hydrogen (secondary N) is 1. The van der Waals surface area contributed by atoms with Gasteiger partial charge in [0.05, 0.1) is 12.1 Å². The number of fused-ring (bicyclic) bond motifs is 1. The van der Waals surface area contributed by atoms with E-state index in [0.717, 1.165) is 5.52 Å². The SMILES string of the molecule is CC(C)(C)C(NC(=O)c1nn(CC2CCC(=O)O2)c2ccccc12)C(N)=O. The number of rotatable bonds is 5. The fourth-order valence-electron chi connectivity index (χ4n) is 3.25. The summed E-state index contributed by atoms with van der Waals surface area (Å²) in [7, 11) is 0. The van der Waals surface area contributed by atoms with Gasteiger partial charge in [-0.05, 0) is 17.9 Å². The summed E-state index contributed by atoms with van der Waals surface area (Å²) in [5.41, 5.74) is 5.91. The van der Waals surface area contributed by atoms with Crippen LogP contribution in [0, 0.1) is 5.41 Å². The molecule has 0 saturated carbocycles. The van der Waals surface area contributed by atoms with Gasteiger partial charge >= 0.3 is 5.97 Å². The Bertz CT molecular complexity index is 897. The van der Waals surface area contributed by atoms with Gasteiger partial charge in [0.25, 0.3) is 5.91 Å². The lowest BCUT2D eigenvalue weighted by atomic mass is 9.86. The molecule has 0 bridgehead atoms. The van der Waals surface area contributed by atoms with E-state index in [4.69, 9.17) is 10.5 Å². The second kappa shape index (κ2) is 7.02. The third-order valence-corrected chi connectivity index (χ3v) is 4.64. The summed E-state index contributed by atoms with van der Waals surface area (Å²) in [4.78, 5) is 36.0. The average Bonchev–Trinajstić information content (AvgIpc) is 3.15. The number of ether oxygens (including phenoxy) is 1. The van der Waals surface area contributed by atoms with Crippen LogP contribution in [-0.4, -0.2) is 39.7 Å². The van der Waals surface area contributed by atoms with E-state index < -0.39 is 23.3 Å². The lowest BCUT2D eigenvalue weighted by molar-refractivity contribution is -0.141. The topological polar surface area (TPSA) is 116 Å². The molecule has 2 aromatic rings. The van der Waals surface area contributed by atoms with E-state index in [-0.39, 0.29) is 17.8 Å². The van der Waals surface area contributed by atoms with Crippen LogP contribution >= 0.6 is 0 Å². The van der Waals surface area contributed by atoms with Gasteiger partial charge in [0, 0.05) is 11.8 Å². The molecule has 0 spiro atoms. The van der Waals surface area contributed by atoms with Crippen LogP contribution in [-0.2, 0) is 20.9 Å². The van der Waals surface area contributed by atoms with E-state index in [1.807, 2.05) is 39.0 Å². The maximum absolute atomic E-state index is 12.8. The van der Waals surface area contributed by atoms with Crippen molar-refractivity contribution in [3.63, 3.8) is 0 Å². The highest BCUT2D eigenvalue weighted by molar-refractivity contribution is 6.06. The van der Waals surface area contributed by atoms with Crippen LogP contribution in [0.15, 0.2) is 24.3 Å². The molecule has 2 unspecified atom stereocenters. The van der Waals surface area contributed by atoms with Crippen molar-refractivity contribution in [2.45, 2.75) is 52.3 Å². The Balaban J connectivity index is 1.91. The molecule has 3 N–H and O–H groups in total. The van der Waals surface area contributed by atoms with Crippen molar-refractivity contribution in [1.82, 2.24) is 15.1 Å². The third kappa shape index (κ3) is 3.94. The van der Waals surface area contributed by atoms with Crippen molar-refractivity contribution < 1.29 is 19.1 Å². The number of hydrogen-bond donors (Lipinski definition) is 2. The molecule has 1 saturated heterocycles. The third-order valence-electron chi connectivity index (χ3n) is 4.64. The molecule has 8 heteroatoms. The standard InChI is InChI=1S/C19H24N4O4/c1-19(2,3)16(17(20)25)21-18(26)15-12-6-4-5-7-13(12)23(22-15)10-11-8-9-14(24)27-11/h4-7,11,16H,8-10H2,1-3H3,(H2,20,25)(H,21,26). The summed E-state index contributed by atoms with van der Waals surface area (Å²) in [6, 6.07) is 6.49. The number of nitrogens with zero attached hydrogens (tertiary/aromatic N) is 2. The van der Waals surface area contributed by atoms with Gasteiger partial charge in [-0.1, -0.05) is 39.0 Å². The lowest BCUT2D eigenvalue weighted by Gasteiger charge is -2.28.